The Morgan fingerprint density at radius 2 is 0.862 bits per heavy atom. The van der Waals surface area contributed by atoms with Crippen molar-refractivity contribution in [1.82, 2.24) is 0 Å². The van der Waals surface area contributed by atoms with Gasteiger partial charge in [-0.25, -0.2) is 14.2 Å². The van der Waals surface area contributed by atoms with Gasteiger partial charge in [0.1, 0.15) is 19.8 Å². The smallest absolute Gasteiger partial charge is 0.458 e. The van der Waals surface area contributed by atoms with Gasteiger partial charge >= 0.3 is 19.8 Å². The van der Waals surface area contributed by atoms with Gasteiger partial charge < -0.3 is 18.9 Å². The first kappa shape index (κ1) is 56.5. The number of nitrogens with zero attached hydrogens (tertiary/aromatic N) is 1. The third kappa shape index (κ3) is 44.1. The second kappa shape index (κ2) is 40.9. The monoisotopic (exact) mass is 843 g/mol. The Hall–Kier alpha value is -1.51. The molecule has 0 bridgehead atoms. The predicted molar refractivity (Wildman–Crippen MR) is 243 cm³/mol. The maximum absolute atomic E-state index is 12.6. The Balaban J connectivity index is 4.37. The van der Waals surface area contributed by atoms with Gasteiger partial charge in [0.05, 0.1) is 27.7 Å². The molecule has 1 N–H and O–H groups in total. The second-order valence-corrected chi connectivity index (χ2v) is 19.0. The number of ether oxygens (including phenoxy) is 2. The Kier molecular flexibility index (Phi) is 39.8. The van der Waals surface area contributed by atoms with Crippen LogP contribution in [-0.2, 0) is 32.7 Å². The minimum absolute atomic E-state index is 0.0168. The fraction of sp³-hybridized carbons (Fsp3) is 0.875. The molecule has 0 spiro atoms. The van der Waals surface area contributed by atoms with Crippen molar-refractivity contribution in [3.05, 3.63) is 24.3 Å². The standard InChI is InChI=1S/C48H92NO8P/c1-6-8-10-12-14-16-18-20-22-24-26-28-30-32-34-36-38-40-47(50)54-44-46(45-56-58(52,53)55-43-42-49(3,4)5)57-48(51)41-39-37-35-33-31-29-27-25-23-21-19-17-15-13-11-9-7-2/h38-41,46H,6-37,42-45H2,1-5H3/p+1/t46-/m1/s1. The lowest BCUT2D eigenvalue weighted by molar-refractivity contribution is -0.870. The first-order chi connectivity index (χ1) is 28.0. The maximum Gasteiger partial charge on any atom is 0.472 e. The molecule has 0 saturated heterocycles. The Labute approximate surface area is 358 Å². The van der Waals surface area contributed by atoms with E-state index in [1.807, 2.05) is 27.2 Å². The number of phosphoric acid groups is 1. The molecular weight excluding hydrogens is 750 g/mol. The molecule has 0 radical (unpaired) electrons. The number of allylic oxidation sites excluding steroid dienone is 2. The van der Waals surface area contributed by atoms with Crippen molar-refractivity contribution in [2.24, 2.45) is 0 Å². The number of unbranched alkanes of at least 4 members (excludes halogenated alkanes) is 30. The van der Waals surface area contributed by atoms with Gasteiger partial charge in [0.25, 0.3) is 0 Å². The van der Waals surface area contributed by atoms with E-state index in [0.717, 1.165) is 38.5 Å². The number of carbonyl (C=O) groups is 2. The number of esters is 2. The van der Waals surface area contributed by atoms with Crippen LogP contribution in [0.1, 0.15) is 219 Å². The van der Waals surface area contributed by atoms with E-state index in [0.29, 0.717) is 11.0 Å². The SMILES string of the molecule is CCCCCCCCCCCCCCCCCC=CC(=O)OC[C@H](COP(=O)(O)OCC[N+](C)(C)C)OC(=O)C=CCCCCCCCCCCCCCCCCC. The van der Waals surface area contributed by atoms with E-state index >= 15 is 0 Å². The van der Waals surface area contributed by atoms with Crippen LogP contribution in [0.4, 0.5) is 0 Å². The summed E-state index contributed by atoms with van der Waals surface area (Å²) in [6, 6.07) is 0. The van der Waals surface area contributed by atoms with Crippen molar-refractivity contribution in [2.45, 2.75) is 225 Å². The first-order valence-corrected chi connectivity index (χ1v) is 25.6. The summed E-state index contributed by atoms with van der Waals surface area (Å²) in [4.78, 5) is 35.3. The number of likely N-dealkylation sites (N-methyl/N-ethyl adjacent to an activating group) is 1. The molecule has 0 saturated carbocycles. The van der Waals surface area contributed by atoms with E-state index < -0.39 is 32.5 Å². The lowest BCUT2D eigenvalue weighted by Gasteiger charge is -2.24. The fourth-order valence-corrected chi connectivity index (χ4v) is 7.56. The van der Waals surface area contributed by atoms with Gasteiger partial charge in [0.15, 0.2) is 6.10 Å². The van der Waals surface area contributed by atoms with Crippen LogP contribution in [0.25, 0.3) is 0 Å². The summed E-state index contributed by atoms with van der Waals surface area (Å²) in [6.07, 6.45) is 46.1. The largest absolute Gasteiger partial charge is 0.472 e. The summed E-state index contributed by atoms with van der Waals surface area (Å²) in [5.74, 6) is -1.18. The third-order valence-electron chi connectivity index (χ3n) is 10.6. The molecular formula is C48H93NO8P+. The van der Waals surface area contributed by atoms with E-state index in [1.165, 1.54) is 179 Å². The number of phosphoric ester groups is 1. The summed E-state index contributed by atoms with van der Waals surface area (Å²) in [5.41, 5.74) is 0. The van der Waals surface area contributed by atoms with Crippen molar-refractivity contribution >= 4 is 19.8 Å². The van der Waals surface area contributed by atoms with Crippen molar-refractivity contribution in [3.8, 4) is 0 Å². The van der Waals surface area contributed by atoms with Gasteiger partial charge in [-0.1, -0.05) is 206 Å². The number of rotatable bonds is 44. The molecule has 58 heavy (non-hydrogen) atoms. The molecule has 0 aliphatic rings. The predicted octanol–water partition coefficient (Wildman–Crippen LogP) is 13.9. The van der Waals surface area contributed by atoms with Gasteiger partial charge in [-0.05, 0) is 25.7 Å². The summed E-state index contributed by atoms with van der Waals surface area (Å²) in [6.45, 7) is 4.29. The van der Waals surface area contributed by atoms with Crippen LogP contribution in [0, 0.1) is 0 Å². The van der Waals surface area contributed by atoms with Gasteiger partial charge in [0, 0.05) is 12.2 Å². The molecule has 0 aliphatic carbocycles. The highest BCUT2D eigenvalue weighted by molar-refractivity contribution is 7.47. The molecule has 0 amide bonds. The molecule has 0 rings (SSSR count). The van der Waals surface area contributed by atoms with Gasteiger partial charge in [-0.15, -0.1) is 0 Å². The highest BCUT2D eigenvalue weighted by Gasteiger charge is 2.26. The molecule has 9 nitrogen and oxygen atoms in total. The van der Waals surface area contributed by atoms with E-state index in [2.05, 4.69) is 13.8 Å². The molecule has 342 valence electrons. The van der Waals surface area contributed by atoms with Crippen LogP contribution < -0.4 is 0 Å². The normalized spacial score (nSPS) is 13.7. The minimum atomic E-state index is -4.40. The number of hydrogen-bond donors (Lipinski definition) is 1. The van der Waals surface area contributed by atoms with Crippen LogP contribution in [-0.4, -0.2) is 74.9 Å². The molecule has 0 aromatic heterocycles. The van der Waals surface area contributed by atoms with E-state index in [4.69, 9.17) is 18.5 Å². The Morgan fingerprint density at radius 3 is 1.22 bits per heavy atom. The molecule has 2 atom stereocenters. The zero-order chi connectivity index (χ0) is 42.8. The number of hydrogen-bond acceptors (Lipinski definition) is 7. The molecule has 0 aromatic rings. The molecule has 0 aromatic carbocycles. The Bertz CT molecular complexity index is 1040. The summed E-state index contributed by atoms with van der Waals surface area (Å²) < 4.78 is 34.1. The second-order valence-electron chi connectivity index (χ2n) is 17.6. The van der Waals surface area contributed by atoms with Crippen LogP contribution in [0.2, 0.25) is 0 Å². The zero-order valence-electron chi connectivity index (χ0n) is 38.5. The molecule has 0 aliphatic heterocycles. The lowest BCUT2D eigenvalue weighted by Crippen LogP contribution is -2.37. The van der Waals surface area contributed by atoms with Crippen molar-refractivity contribution in [2.75, 3.05) is 47.5 Å². The van der Waals surface area contributed by atoms with Crippen LogP contribution in [0.5, 0.6) is 0 Å². The third-order valence-corrected chi connectivity index (χ3v) is 11.6. The lowest BCUT2D eigenvalue weighted by atomic mass is 10.0. The quantitative estimate of drug-likeness (QED) is 0.0212. The molecule has 1 unspecified atom stereocenters. The van der Waals surface area contributed by atoms with Gasteiger partial charge in [-0.3, -0.25) is 9.05 Å². The number of carbonyl (C=O) groups excluding carboxylic acids is 2. The average Bonchev–Trinajstić information content (AvgIpc) is 3.17. The maximum atomic E-state index is 12.6. The average molecular weight is 843 g/mol. The molecule has 0 heterocycles. The topological polar surface area (TPSA) is 108 Å². The van der Waals surface area contributed by atoms with Crippen LogP contribution >= 0.6 is 7.82 Å². The van der Waals surface area contributed by atoms with E-state index in [9.17, 15) is 19.0 Å². The van der Waals surface area contributed by atoms with Crippen LogP contribution in [0.3, 0.4) is 0 Å². The molecule has 0 fully saturated rings. The van der Waals surface area contributed by atoms with E-state index in [1.54, 1.807) is 6.08 Å². The van der Waals surface area contributed by atoms with Crippen molar-refractivity contribution in [3.63, 3.8) is 0 Å². The van der Waals surface area contributed by atoms with Crippen LogP contribution in [0.15, 0.2) is 24.3 Å². The van der Waals surface area contributed by atoms with Crippen molar-refractivity contribution < 1.29 is 42.1 Å². The highest BCUT2D eigenvalue weighted by atomic mass is 31.2. The summed E-state index contributed by atoms with van der Waals surface area (Å²) >= 11 is 0. The van der Waals surface area contributed by atoms with Crippen molar-refractivity contribution in [1.29, 1.82) is 0 Å². The van der Waals surface area contributed by atoms with Gasteiger partial charge in [0.2, 0.25) is 0 Å². The summed E-state index contributed by atoms with van der Waals surface area (Å²) in [5, 5.41) is 0. The highest BCUT2D eigenvalue weighted by Crippen LogP contribution is 2.43. The van der Waals surface area contributed by atoms with E-state index in [-0.39, 0.29) is 13.2 Å². The number of quaternary nitrogens is 1. The van der Waals surface area contributed by atoms with Gasteiger partial charge in [-0.2, -0.15) is 0 Å². The fourth-order valence-electron chi connectivity index (χ4n) is 6.81. The summed E-state index contributed by atoms with van der Waals surface area (Å²) in [7, 11) is 1.43. The zero-order valence-corrected chi connectivity index (χ0v) is 39.4. The first-order valence-electron chi connectivity index (χ1n) is 24.1. The molecule has 10 heteroatoms. The minimum Gasteiger partial charge on any atom is -0.458 e. The Morgan fingerprint density at radius 1 is 0.517 bits per heavy atom.